The van der Waals surface area contributed by atoms with Crippen LogP contribution in [-0.4, -0.2) is 65.4 Å². The van der Waals surface area contributed by atoms with E-state index in [-0.39, 0.29) is 6.10 Å². The maximum Gasteiger partial charge on any atom is 0.228 e. The van der Waals surface area contributed by atoms with Crippen LogP contribution < -0.4 is 15.1 Å². The van der Waals surface area contributed by atoms with E-state index in [1.165, 1.54) is 0 Å². The van der Waals surface area contributed by atoms with Gasteiger partial charge in [-0.2, -0.15) is 4.98 Å². The van der Waals surface area contributed by atoms with E-state index < -0.39 is 0 Å². The van der Waals surface area contributed by atoms with E-state index in [9.17, 15) is 0 Å². The lowest BCUT2D eigenvalue weighted by molar-refractivity contribution is 0.120. The largest absolute Gasteiger partial charge is 0.376 e. The van der Waals surface area contributed by atoms with E-state index in [1.54, 1.807) is 12.4 Å². The molecule has 1 unspecified atom stereocenters. The van der Waals surface area contributed by atoms with Crippen LogP contribution in [-0.2, 0) is 4.74 Å². The number of hydrogen-bond donors (Lipinski definition) is 1. The third-order valence-corrected chi connectivity index (χ3v) is 5.51. The summed E-state index contributed by atoms with van der Waals surface area (Å²) in [6.45, 7) is 5.00. The average Bonchev–Trinajstić information content (AvgIpc) is 3.32. The number of nitrogens with one attached hydrogen (secondary N) is 1. The molecule has 3 aromatic rings. The van der Waals surface area contributed by atoms with Crippen molar-refractivity contribution >= 4 is 28.6 Å². The quantitative estimate of drug-likeness (QED) is 0.710. The van der Waals surface area contributed by atoms with Gasteiger partial charge in [0.05, 0.1) is 11.6 Å². The van der Waals surface area contributed by atoms with Crippen molar-refractivity contribution in [2.75, 3.05) is 54.4 Å². The Kier molecular flexibility index (Phi) is 5.08. The number of para-hydroxylation sites is 1. The van der Waals surface area contributed by atoms with Crippen molar-refractivity contribution in [3.05, 3.63) is 42.7 Å². The number of fused-ring (bicyclic) bond motifs is 1. The number of anilines is 3. The van der Waals surface area contributed by atoms with Crippen molar-refractivity contribution in [3.8, 4) is 0 Å². The number of hydrogen-bond acceptors (Lipinski definition) is 8. The van der Waals surface area contributed by atoms with E-state index in [2.05, 4.69) is 31.2 Å². The second kappa shape index (κ2) is 8.16. The highest BCUT2D eigenvalue weighted by Gasteiger charge is 2.22. The zero-order valence-corrected chi connectivity index (χ0v) is 16.4. The Hall–Kier alpha value is -3.00. The molecule has 1 N–H and O–H groups in total. The standard InChI is InChI=1S/C21H25N7O/c1-2-7-18-17(6-1)19(24-15-16-5-3-14-29-16)26-21(25-18)28-12-10-27(11-13-28)20-22-8-4-9-23-20/h1-2,4,6-9,16H,3,5,10-15H2,(H,24,25,26). The van der Waals surface area contributed by atoms with Crippen LogP contribution in [0.25, 0.3) is 10.9 Å². The summed E-state index contributed by atoms with van der Waals surface area (Å²) in [5.74, 6) is 2.44. The highest BCUT2D eigenvalue weighted by Crippen LogP contribution is 2.25. The lowest BCUT2D eigenvalue weighted by atomic mass is 10.2. The molecule has 4 heterocycles. The molecule has 0 radical (unpaired) electrons. The lowest BCUT2D eigenvalue weighted by Crippen LogP contribution is -2.47. The zero-order chi connectivity index (χ0) is 19.5. The lowest BCUT2D eigenvalue weighted by Gasteiger charge is -2.34. The van der Waals surface area contributed by atoms with Crippen LogP contribution in [0.5, 0.6) is 0 Å². The van der Waals surface area contributed by atoms with Crippen molar-refractivity contribution in [2.45, 2.75) is 18.9 Å². The number of ether oxygens (including phenoxy) is 1. The first-order valence-electron chi connectivity index (χ1n) is 10.3. The van der Waals surface area contributed by atoms with Crippen LogP contribution in [0.1, 0.15) is 12.8 Å². The van der Waals surface area contributed by atoms with E-state index in [1.807, 2.05) is 24.3 Å². The molecule has 2 aromatic heterocycles. The molecule has 29 heavy (non-hydrogen) atoms. The van der Waals surface area contributed by atoms with Crippen LogP contribution in [0.4, 0.5) is 17.7 Å². The molecule has 0 amide bonds. The summed E-state index contributed by atoms with van der Waals surface area (Å²) < 4.78 is 5.75. The number of rotatable bonds is 5. The molecule has 5 rings (SSSR count). The molecule has 1 atom stereocenters. The second-order valence-electron chi connectivity index (χ2n) is 7.43. The Morgan fingerprint density at radius 2 is 1.69 bits per heavy atom. The first-order chi connectivity index (χ1) is 14.4. The van der Waals surface area contributed by atoms with Crippen LogP contribution in [0.3, 0.4) is 0 Å². The summed E-state index contributed by atoms with van der Waals surface area (Å²) in [6, 6.07) is 10.0. The predicted molar refractivity (Wildman–Crippen MR) is 113 cm³/mol. The third-order valence-electron chi connectivity index (χ3n) is 5.51. The highest BCUT2D eigenvalue weighted by atomic mass is 16.5. The minimum atomic E-state index is 0.265. The molecule has 0 bridgehead atoms. The molecule has 150 valence electrons. The van der Waals surface area contributed by atoms with Gasteiger partial charge < -0.3 is 19.9 Å². The SMILES string of the molecule is c1cnc(N2CCN(c3nc(NCC4CCCO4)c4ccccc4n3)CC2)nc1. The van der Waals surface area contributed by atoms with E-state index in [0.29, 0.717) is 0 Å². The molecular weight excluding hydrogens is 366 g/mol. The monoisotopic (exact) mass is 391 g/mol. The van der Waals surface area contributed by atoms with Gasteiger partial charge in [-0.1, -0.05) is 12.1 Å². The van der Waals surface area contributed by atoms with Crippen LogP contribution in [0.2, 0.25) is 0 Å². The molecule has 0 aliphatic carbocycles. The number of benzene rings is 1. The van der Waals surface area contributed by atoms with Crippen LogP contribution in [0, 0.1) is 0 Å². The summed E-state index contributed by atoms with van der Waals surface area (Å²) in [5.41, 5.74) is 0.959. The Labute approximate surface area is 170 Å². The van der Waals surface area contributed by atoms with Crippen molar-refractivity contribution in [2.24, 2.45) is 0 Å². The fraction of sp³-hybridized carbons (Fsp3) is 0.429. The average molecular weight is 391 g/mol. The van der Waals surface area contributed by atoms with E-state index >= 15 is 0 Å². The summed E-state index contributed by atoms with van der Waals surface area (Å²) in [6.07, 6.45) is 6.08. The Balaban J connectivity index is 1.34. The van der Waals surface area contributed by atoms with Crippen molar-refractivity contribution in [1.29, 1.82) is 0 Å². The first-order valence-corrected chi connectivity index (χ1v) is 10.3. The molecule has 0 saturated carbocycles. The van der Waals surface area contributed by atoms with Crippen molar-refractivity contribution < 1.29 is 4.74 Å². The molecule has 1 aromatic carbocycles. The van der Waals surface area contributed by atoms with Gasteiger partial charge >= 0.3 is 0 Å². The van der Waals surface area contributed by atoms with Gasteiger partial charge in [0.15, 0.2) is 0 Å². The molecule has 2 saturated heterocycles. The number of piperazine rings is 1. The van der Waals surface area contributed by atoms with Gasteiger partial charge in [-0.05, 0) is 31.0 Å². The van der Waals surface area contributed by atoms with Gasteiger partial charge in [-0.15, -0.1) is 0 Å². The topological polar surface area (TPSA) is 79.3 Å². The Morgan fingerprint density at radius 3 is 2.45 bits per heavy atom. The number of aromatic nitrogens is 4. The Bertz CT molecular complexity index is 954. The first kappa shape index (κ1) is 18.1. The summed E-state index contributed by atoms with van der Waals surface area (Å²) in [5, 5.41) is 4.56. The number of nitrogens with zero attached hydrogens (tertiary/aromatic N) is 6. The maximum atomic E-state index is 5.75. The molecule has 2 fully saturated rings. The molecule has 8 heteroatoms. The van der Waals surface area contributed by atoms with Crippen LogP contribution in [0.15, 0.2) is 42.7 Å². The van der Waals surface area contributed by atoms with Gasteiger partial charge in [0.1, 0.15) is 5.82 Å². The molecular formula is C21H25N7O. The molecule has 8 nitrogen and oxygen atoms in total. The van der Waals surface area contributed by atoms with Crippen molar-refractivity contribution in [3.63, 3.8) is 0 Å². The molecule has 0 spiro atoms. The smallest absolute Gasteiger partial charge is 0.228 e. The zero-order valence-electron chi connectivity index (χ0n) is 16.4. The van der Waals surface area contributed by atoms with Gasteiger partial charge in [0, 0.05) is 57.1 Å². The molecule has 2 aliphatic rings. The fourth-order valence-electron chi connectivity index (χ4n) is 3.92. The predicted octanol–water partition coefficient (Wildman–Crippen LogP) is 2.34. The van der Waals surface area contributed by atoms with Gasteiger partial charge in [0.2, 0.25) is 11.9 Å². The minimum absolute atomic E-state index is 0.265. The van der Waals surface area contributed by atoms with Gasteiger partial charge in [0.25, 0.3) is 0 Å². The minimum Gasteiger partial charge on any atom is -0.376 e. The van der Waals surface area contributed by atoms with Gasteiger partial charge in [-0.3, -0.25) is 0 Å². The fourth-order valence-corrected chi connectivity index (χ4v) is 3.92. The third kappa shape index (κ3) is 3.93. The van der Waals surface area contributed by atoms with E-state index in [0.717, 1.165) is 80.8 Å². The summed E-state index contributed by atoms with van der Waals surface area (Å²) >= 11 is 0. The summed E-state index contributed by atoms with van der Waals surface area (Å²) in [7, 11) is 0. The summed E-state index contributed by atoms with van der Waals surface area (Å²) in [4.78, 5) is 22.9. The maximum absolute atomic E-state index is 5.75. The van der Waals surface area contributed by atoms with Crippen molar-refractivity contribution in [1.82, 2.24) is 19.9 Å². The highest BCUT2D eigenvalue weighted by molar-refractivity contribution is 5.90. The normalized spacial score (nSPS) is 19.7. The van der Waals surface area contributed by atoms with Gasteiger partial charge in [-0.25, -0.2) is 15.0 Å². The van der Waals surface area contributed by atoms with Crippen LogP contribution >= 0.6 is 0 Å². The second-order valence-corrected chi connectivity index (χ2v) is 7.43. The van der Waals surface area contributed by atoms with E-state index in [4.69, 9.17) is 14.7 Å². The Morgan fingerprint density at radius 1 is 0.931 bits per heavy atom. The molecule has 2 aliphatic heterocycles.